The Balaban J connectivity index is 1.90. The van der Waals surface area contributed by atoms with Gasteiger partial charge in [-0.05, 0) is 31.4 Å². The average molecular weight is 400 g/mol. The van der Waals surface area contributed by atoms with E-state index in [1.807, 2.05) is 0 Å². The van der Waals surface area contributed by atoms with E-state index in [9.17, 15) is 21.6 Å². The monoisotopic (exact) mass is 400 g/mol. The average Bonchev–Trinajstić information content (AvgIpc) is 2.61. The summed E-state index contributed by atoms with van der Waals surface area (Å²) in [4.78, 5) is 11.8. The van der Waals surface area contributed by atoms with Gasteiger partial charge in [-0.3, -0.25) is 4.98 Å². The van der Waals surface area contributed by atoms with Gasteiger partial charge < -0.3 is 5.32 Å². The Labute approximate surface area is 155 Å². The lowest BCUT2D eigenvalue weighted by Gasteiger charge is -2.29. The van der Waals surface area contributed by atoms with Crippen LogP contribution in [0.3, 0.4) is 0 Å². The van der Waals surface area contributed by atoms with Gasteiger partial charge >= 0.3 is 6.18 Å². The Morgan fingerprint density at radius 2 is 1.96 bits per heavy atom. The van der Waals surface area contributed by atoms with Crippen LogP contribution in [0.15, 0.2) is 30.5 Å². The van der Waals surface area contributed by atoms with Gasteiger partial charge in [0.25, 0.3) is 0 Å². The third kappa shape index (κ3) is 4.94. The van der Waals surface area contributed by atoms with Crippen LogP contribution in [-0.2, 0) is 16.0 Å². The molecule has 0 bridgehead atoms. The minimum Gasteiger partial charge on any atom is -0.367 e. The first-order chi connectivity index (χ1) is 12.6. The zero-order chi connectivity index (χ0) is 19.7. The summed E-state index contributed by atoms with van der Waals surface area (Å²) in [5, 5.41) is 2.46. The van der Waals surface area contributed by atoms with Crippen molar-refractivity contribution < 1.29 is 21.6 Å². The van der Waals surface area contributed by atoms with Gasteiger partial charge in [-0.1, -0.05) is 12.5 Å². The summed E-state index contributed by atoms with van der Waals surface area (Å²) in [5.74, 6) is -0.125. The molecule has 0 radical (unpaired) electrons. The number of aromatic nitrogens is 3. The molecule has 146 valence electrons. The molecule has 1 fully saturated rings. The van der Waals surface area contributed by atoms with Gasteiger partial charge in [0.15, 0.2) is 11.5 Å². The number of halogens is 3. The van der Waals surface area contributed by atoms with Crippen LogP contribution in [-0.4, -0.2) is 40.9 Å². The minimum absolute atomic E-state index is 0.0112. The third-order valence-electron chi connectivity index (χ3n) is 4.49. The summed E-state index contributed by atoms with van der Waals surface area (Å²) in [6.07, 6.45) is 0.243. The lowest BCUT2D eigenvalue weighted by Crippen LogP contribution is -2.34. The van der Waals surface area contributed by atoms with Crippen molar-refractivity contribution in [3.63, 3.8) is 0 Å². The fraction of sp³-hybridized carbons (Fsp3) is 0.471. The number of nitrogens with one attached hydrogen (secondary N) is 1. The molecule has 2 unspecified atom stereocenters. The van der Waals surface area contributed by atoms with Crippen molar-refractivity contribution >= 4 is 15.7 Å². The van der Waals surface area contributed by atoms with Gasteiger partial charge in [0, 0.05) is 24.6 Å². The van der Waals surface area contributed by atoms with E-state index in [4.69, 9.17) is 0 Å². The second kappa shape index (κ2) is 7.41. The second-order valence-corrected chi connectivity index (χ2v) is 8.96. The van der Waals surface area contributed by atoms with Crippen LogP contribution < -0.4 is 5.32 Å². The summed E-state index contributed by atoms with van der Waals surface area (Å²) in [7, 11) is -3.20. The predicted molar refractivity (Wildman–Crippen MR) is 94.8 cm³/mol. The van der Waals surface area contributed by atoms with Crippen LogP contribution in [0.1, 0.15) is 31.4 Å². The minimum atomic E-state index is -4.63. The molecular weight excluding hydrogens is 381 g/mol. The number of anilines is 1. The SMILES string of the molecule is CS(=O)(=O)C1CCCC(Nc2cc(C(F)(F)F)nc(-c3ccccn3)n2)C1. The van der Waals surface area contributed by atoms with Crippen molar-refractivity contribution in [3.8, 4) is 11.5 Å². The molecule has 2 aromatic rings. The maximum absolute atomic E-state index is 13.2. The van der Waals surface area contributed by atoms with Gasteiger partial charge in [0.1, 0.15) is 21.3 Å². The van der Waals surface area contributed by atoms with Crippen LogP contribution in [0.4, 0.5) is 19.0 Å². The highest BCUT2D eigenvalue weighted by molar-refractivity contribution is 7.91. The standard InChI is InChI=1S/C17H19F3N4O2S/c1-27(25,26)12-6-4-5-11(9-12)22-15-10-14(17(18,19)20)23-16(24-15)13-7-2-3-8-21-13/h2-3,7-8,10-12H,4-6,9H2,1H3,(H,22,23,24). The van der Waals surface area contributed by atoms with E-state index in [-0.39, 0.29) is 23.4 Å². The summed E-state index contributed by atoms with van der Waals surface area (Å²) in [6, 6.07) is 5.38. The van der Waals surface area contributed by atoms with Crippen molar-refractivity contribution in [1.29, 1.82) is 0 Å². The molecule has 0 aromatic carbocycles. The Morgan fingerprint density at radius 3 is 2.59 bits per heavy atom. The van der Waals surface area contributed by atoms with E-state index in [1.54, 1.807) is 12.1 Å². The van der Waals surface area contributed by atoms with Crippen molar-refractivity contribution in [2.45, 2.75) is 43.2 Å². The largest absolute Gasteiger partial charge is 0.433 e. The highest BCUT2D eigenvalue weighted by atomic mass is 32.2. The number of pyridine rings is 1. The first-order valence-corrected chi connectivity index (χ1v) is 10.4. The molecule has 1 aliphatic carbocycles. The van der Waals surface area contributed by atoms with Crippen molar-refractivity contribution in [3.05, 3.63) is 36.2 Å². The van der Waals surface area contributed by atoms with E-state index in [0.29, 0.717) is 25.7 Å². The molecule has 2 aromatic heterocycles. The third-order valence-corrected chi connectivity index (χ3v) is 6.13. The molecule has 1 N–H and O–H groups in total. The first kappa shape index (κ1) is 19.5. The molecule has 2 atom stereocenters. The van der Waals surface area contributed by atoms with E-state index in [0.717, 1.165) is 6.07 Å². The van der Waals surface area contributed by atoms with E-state index >= 15 is 0 Å². The second-order valence-electron chi connectivity index (χ2n) is 6.63. The van der Waals surface area contributed by atoms with Crippen LogP contribution in [0.2, 0.25) is 0 Å². The predicted octanol–water partition coefficient (Wildman–Crippen LogP) is 3.33. The topological polar surface area (TPSA) is 84.8 Å². The smallest absolute Gasteiger partial charge is 0.367 e. The zero-order valence-electron chi connectivity index (χ0n) is 14.6. The molecule has 27 heavy (non-hydrogen) atoms. The van der Waals surface area contributed by atoms with Crippen LogP contribution in [0.5, 0.6) is 0 Å². The maximum atomic E-state index is 13.2. The Kier molecular flexibility index (Phi) is 5.36. The van der Waals surface area contributed by atoms with Gasteiger partial charge in [-0.25, -0.2) is 18.4 Å². The summed E-state index contributed by atoms with van der Waals surface area (Å²) >= 11 is 0. The molecule has 6 nitrogen and oxygen atoms in total. The Morgan fingerprint density at radius 1 is 1.19 bits per heavy atom. The lowest BCUT2D eigenvalue weighted by molar-refractivity contribution is -0.141. The number of sulfone groups is 1. The fourth-order valence-electron chi connectivity index (χ4n) is 3.15. The van der Waals surface area contributed by atoms with Gasteiger partial charge in [-0.2, -0.15) is 13.2 Å². The number of hydrogen-bond acceptors (Lipinski definition) is 6. The number of nitrogens with zero attached hydrogens (tertiary/aromatic N) is 3. The van der Waals surface area contributed by atoms with Gasteiger partial charge in [-0.15, -0.1) is 0 Å². The molecule has 0 amide bonds. The zero-order valence-corrected chi connectivity index (χ0v) is 15.4. The fourth-order valence-corrected chi connectivity index (χ4v) is 4.33. The van der Waals surface area contributed by atoms with Gasteiger partial charge in [0.2, 0.25) is 0 Å². The van der Waals surface area contributed by atoms with Crippen molar-refractivity contribution in [1.82, 2.24) is 15.0 Å². The van der Waals surface area contributed by atoms with Crippen LogP contribution in [0.25, 0.3) is 11.5 Å². The first-order valence-electron chi connectivity index (χ1n) is 8.46. The molecule has 3 rings (SSSR count). The Hall–Kier alpha value is -2.23. The number of alkyl halides is 3. The van der Waals surface area contributed by atoms with Gasteiger partial charge in [0.05, 0.1) is 5.25 Å². The van der Waals surface area contributed by atoms with E-state index in [2.05, 4.69) is 20.3 Å². The maximum Gasteiger partial charge on any atom is 0.433 e. The summed E-state index contributed by atoms with van der Waals surface area (Å²) < 4.78 is 63.3. The molecule has 2 heterocycles. The van der Waals surface area contributed by atoms with E-state index in [1.165, 1.54) is 18.5 Å². The van der Waals surface area contributed by atoms with Crippen molar-refractivity contribution in [2.75, 3.05) is 11.6 Å². The molecule has 1 saturated carbocycles. The van der Waals surface area contributed by atoms with Crippen LogP contribution in [0, 0.1) is 0 Å². The number of hydrogen-bond donors (Lipinski definition) is 1. The highest BCUT2D eigenvalue weighted by Gasteiger charge is 2.35. The lowest BCUT2D eigenvalue weighted by atomic mass is 9.95. The molecule has 0 saturated heterocycles. The van der Waals surface area contributed by atoms with E-state index < -0.39 is 27.0 Å². The van der Waals surface area contributed by atoms with Crippen LogP contribution >= 0.6 is 0 Å². The molecule has 0 aliphatic heterocycles. The normalized spacial score (nSPS) is 21.0. The number of rotatable bonds is 4. The van der Waals surface area contributed by atoms with Crippen molar-refractivity contribution in [2.24, 2.45) is 0 Å². The quantitative estimate of drug-likeness (QED) is 0.848. The summed E-state index contributed by atoms with van der Waals surface area (Å²) in [6.45, 7) is 0. The molecule has 10 heteroatoms. The summed E-state index contributed by atoms with van der Waals surface area (Å²) in [5.41, 5.74) is -0.847. The molecule has 0 spiro atoms. The Bertz CT molecular complexity index is 904. The molecule has 1 aliphatic rings. The molecular formula is C17H19F3N4O2S. The highest BCUT2D eigenvalue weighted by Crippen LogP contribution is 2.32.